The number of unbranched alkanes of at least 4 members (excludes halogenated alkanes) is 5. The lowest BCUT2D eigenvalue weighted by Crippen LogP contribution is -2.30. The van der Waals surface area contributed by atoms with E-state index in [1.54, 1.807) is 24.3 Å². The van der Waals surface area contributed by atoms with E-state index < -0.39 is 5.97 Å². The summed E-state index contributed by atoms with van der Waals surface area (Å²) >= 11 is 0. The second-order valence-electron chi connectivity index (χ2n) is 8.21. The average Bonchev–Trinajstić information content (AvgIpc) is 3.29. The van der Waals surface area contributed by atoms with E-state index in [9.17, 15) is 19.5 Å². The molecule has 1 N–H and O–H groups in total. The van der Waals surface area contributed by atoms with Crippen molar-refractivity contribution in [1.29, 1.82) is 0 Å². The maximum atomic E-state index is 12.3. The van der Waals surface area contributed by atoms with Crippen LogP contribution in [0.3, 0.4) is 0 Å². The van der Waals surface area contributed by atoms with Crippen molar-refractivity contribution in [2.24, 2.45) is 11.8 Å². The normalized spacial score (nSPS) is 17.9. The van der Waals surface area contributed by atoms with Gasteiger partial charge in [-0.25, -0.2) is 0 Å². The Morgan fingerprint density at radius 1 is 0.929 bits per heavy atom. The molecule has 5 nitrogen and oxygen atoms in total. The number of carbonyl (C=O) groups excluding carboxylic acids is 2. The van der Waals surface area contributed by atoms with Gasteiger partial charge in [0.15, 0.2) is 0 Å². The predicted octanol–water partition coefficient (Wildman–Crippen LogP) is 4.90. The molecule has 0 bridgehead atoms. The highest BCUT2D eigenvalue weighted by atomic mass is 16.4. The molecule has 2 amide bonds. The number of aliphatic carboxylic acids is 1. The van der Waals surface area contributed by atoms with Gasteiger partial charge >= 0.3 is 5.97 Å². The first-order valence-corrected chi connectivity index (χ1v) is 10.8. The van der Waals surface area contributed by atoms with Crippen LogP contribution in [0.5, 0.6) is 0 Å². The third-order valence-corrected chi connectivity index (χ3v) is 6.31. The zero-order chi connectivity index (χ0) is 19.9. The van der Waals surface area contributed by atoms with Crippen molar-refractivity contribution in [2.45, 2.75) is 70.6 Å². The van der Waals surface area contributed by atoms with Gasteiger partial charge in [0.1, 0.15) is 0 Å². The van der Waals surface area contributed by atoms with E-state index in [0.29, 0.717) is 23.6 Å². The molecule has 0 unspecified atom stereocenters. The van der Waals surface area contributed by atoms with E-state index in [4.69, 9.17) is 0 Å². The standard InChI is InChI=1S/C23H31NO4/c25-21-19-14-8-9-15-20(19)22(26)24(21)16-10-4-2-1-3-5-13-18(23(27)28)17-11-6-7-12-17/h8-9,14-15,17-18H,1-7,10-13,16H2,(H,27,28)/t18-/m1/s1. The Morgan fingerprint density at radius 2 is 1.46 bits per heavy atom. The smallest absolute Gasteiger partial charge is 0.306 e. The molecule has 2 aliphatic rings. The van der Waals surface area contributed by atoms with E-state index in [0.717, 1.165) is 57.8 Å². The molecule has 1 aromatic carbocycles. The molecule has 1 fully saturated rings. The van der Waals surface area contributed by atoms with Crippen molar-refractivity contribution >= 4 is 17.8 Å². The Morgan fingerprint density at radius 3 is 2.04 bits per heavy atom. The quantitative estimate of drug-likeness (QED) is 0.434. The lowest BCUT2D eigenvalue weighted by atomic mass is 9.86. The van der Waals surface area contributed by atoms with Gasteiger partial charge in [-0.2, -0.15) is 0 Å². The molecule has 5 heteroatoms. The zero-order valence-electron chi connectivity index (χ0n) is 16.6. The van der Waals surface area contributed by atoms with Crippen molar-refractivity contribution in [3.63, 3.8) is 0 Å². The minimum Gasteiger partial charge on any atom is -0.481 e. The molecular formula is C23H31NO4. The Bertz CT molecular complexity index is 673. The maximum Gasteiger partial charge on any atom is 0.306 e. The summed E-state index contributed by atoms with van der Waals surface area (Å²) in [5.74, 6) is -0.735. The highest BCUT2D eigenvalue weighted by Crippen LogP contribution is 2.34. The molecule has 1 saturated carbocycles. The average molecular weight is 386 g/mol. The first kappa shape index (κ1) is 20.6. The Labute approximate surface area is 167 Å². The van der Waals surface area contributed by atoms with Gasteiger partial charge in [0.25, 0.3) is 11.8 Å². The van der Waals surface area contributed by atoms with Crippen LogP contribution in [0.1, 0.15) is 91.3 Å². The number of imide groups is 1. The van der Waals surface area contributed by atoms with E-state index in [1.165, 1.54) is 17.7 Å². The molecule has 0 radical (unpaired) electrons. The van der Waals surface area contributed by atoms with Crippen molar-refractivity contribution in [1.82, 2.24) is 4.90 Å². The predicted molar refractivity (Wildman–Crippen MR) is 107 cm³/mol. The van der Waals surface area contributed by atoms with Gasteiger partial charge in [-0.05, 0) is 43.7 Å². The van der Waals surface area contributed by atoms with Gasteiger partial charge < -0.3 is 5.11 Å². The van der Waals surface area contributed by atoms with Gasteiger partial charge in [0.2, 0.25) is 0 Å². The molecule has 1 atom stereocenters. The summed E-state index contributed by atoms with van der Waals surface area (Å²) in [4.78, 5) is 37.5. The van der Waals surface area contributed by atoms with E-state index in [2.05, 4.69) is 0 Å². The summed E-state index contributed by atoms with van der Waals surface area (Å²) in [6.45, 7) is 0.481. The Kier molecular flexibility index (Phi) is 7.24. The van der Waals surface area contributed by atoms with Crippen molar-refractivity contribution in [3.05, 3.63) is 35.4 Å². The number of carbonyl (C=O) groups is 3. The highest BCUT2D eigenvalue weighted by molar-refractivity contribution is 6.21. The van der Waals surface area contributed by atoms with Crippen LogP contribution in [0.4, 0.5) is 0 Å². The molecule has 152 valence electrons. The number of hydrogen-bond donors (Lipinski definition) is 1. The molecule has 0 spiro atoms. The van der Waals surface area contributed by atoms with Crippen molar-refractivity contribution in [3.8, 4) is 0 Å². The molecule has 1 heterocycles. The number of carboxylic acid groups (broad SMARTS) is 1. The van der Waals surface area contributed by atoms with E-state index in [-0.39, 0.29) is 17.7 Å². The lowest BCUT2D eigenvalue weighted by molar-refractivity contribution is -0.144. The summed E-state index contributed by atoms with van der Waals surface area (Å²) in [5.41, 5.74) is 1.03. The molecule has 1 aromatic rings. The Balaban J connectivity index is 1.28. The molecule has 3 rings (SSSR count). The number of rotatable bonds is 11. The Hall–Kier alpha value is -2.17. The van der Waals surface area contributed by atoms with Crippen LogP contribution in [0.2, 0.25) is 0 Å². The number of hydrogen-bond acceptors (Lipinski definition) is 3. The second kappa shape index (κ2) is 9.85. The second-order valence-corrected chi connectivity index (χ2v) is 8.21. The topological polar surface area (TPSA) is 74.7 Å². The fourth-order valence-electron chi connectivity index (χ4n) is 4.70. The summed E-state index contributed by atoms with van der Waals surface area (Å²) in [5, 5.41) is 9.46. The summed E-state index contributed by atoms with van der Waals surface area (Å²) in [6, 6.07) is 7.00. The number of amides is 2. The van der Waals surface area contributed by atoms with Crippen LogP contribution in [0.25, 0.3) is 0 Å². The van der Waals surface area contributed by atoms with Crippen molar-refractivity contribution in [2.75, 3.05) is 6.54 Å². The summed E-state index contributed by atoms with van der Waals surface area (Å²) in [6.07, 6.45) is 11.3. The minimum atomic E-state index is -0.618. The lowest BCUT2D eigenvalue weighted by Gasteiger charge is -2.18. The van der Waals surface area contributed by atoms with Gasteiger partial charge in [-0.1, -0.05) is 57.1 Å². The first-order chi connectivity index (χ1) is 13.6. The van der Waals surface area contributed by atoms with Crippen LogP contribution in [0, 0.1) is 11.8 Å². The SMILES string of the molecule is O=C(O)[C@H](CCCCCCCCN1C(=O)c2ccccc2C1=O)C1CCCC1. The number of carboxylic acids is 1. The van der Waals surface area contributed by atoms with Gasteiger partial charge in [0, 0.05) is 6.54 Å². The van der Waals surface area contributed by atoms with Gasteiger partial charge in [0.05, 0.1) is 17.0 Å². The molecule has 28 heavy (non-hydrogen) atoms. The van der Waals surface area contributed by atoms with Crippen LogP contribution in [0.15, 0.2) is 24.3 Å². The summed E-state index contributed by atoms with van der Waals surface area (Å²) in [7, 11) is 0. The third kappa shape index (κ3) is 4.81. The van der Waals surface area contributed by atoms with Crippen LogP contribution in [-0.4, -0.2) is 34.3 Å². The van der Waals surface area contributed by atoms with E-state index in [1.807, 2.05) is 0 Å². The molecular weight excluding hydrogens is 354 g/mol. The monoisotopic (exact) mass is 385 g/mol. The number of nitrogens with zero attached hydrogens (tertiary/aromatic N) is 1. The summed E-state index contributed by atoms with van der Waals surface area (Å²) < 4.78 is 0. The molecule has 1 aliphatic heterocycles. The fraction of sp³-hybridized carbons (Fsp3) is 0.609. The first-order valence-electron chi connectivity index (χ1n) is 10.8. The number of benzene rings is 1. The maximum absolute atomic E-state index is 12.3. The zero-order valence-corrected chi connectivity index (χ0v) is 16.6. The van der Waals surface area contributed by atoms with Crippen molar-refractivity contribution < 1.29 is 19.5 Å². The largest absolute Gasteiger partial charge is 0.481 e. The minimum absolute atomic E-state index is 0.156. The third-order valence-electron chi connectivity index (χ3n) is 6.31. The molecule has 0 aromatic heterocycles. The van der Waals surface area contributed by atoms with E-state index >= 15 is 0 Å². The van der Waals surface area contributed by atoms with Crippen LogP contribution in [-0.2, 0) is 4.79 Å². The van der Waals surface area contributed by atoms with Gasteiger partial charge in [-0.3, -0.25) is 19.3 Å². The molecule has 0 saturated heterocycles. The van der Waals surface area contributed by atoms with Crippen LogP contribution >= 0.6 is 0 Å². The number of fused-ring (bicyclic) bond motifs is 1. The molecule has 1 aliphatic carbocycles. The van der Waals surface area contributed by atoms with Crippen LogP contribution < -0.4 is 0 Å². The fourth-order valence-corrected chi connectivity index (χ4v) is 4.70. The van der Waals surface area contributed by atoms with Gasteiger partial charge in [-0.15, -0.1) is 0 Å². The highest BCUT2D eigenvalue weighted by Gasteiger charge is 2.34.